The minimum atomic E-state index is -0.212. The average molecular weight is 356 g/mol. The largest absolute Gasteiger partial charge is 0.460 e. The molecule has 2 aromatic rings. The van der Waals surface area contributed by atoms with E-state index in [9.17, 15) is 9.59 Å². The summed E-state index contributed by atoms with van der Waals surface area (Å²) >= 11 is 0. The van der Waals surface area contributed by atoms with Gasteiger partial charge in [0.2, 0.25) is 11.8 Å². The Balaban J connectivity index is 2.15. The summed E-state index contributed by atoms with van der Waals surface area (Å²) in [4.78, 5) is 25.6. The number of carbonyl (C=O) groups excluding carboxylic acids is 2. The second-order valence-electron chi connectivity index (χ2n) is 6.79. The van der Waals surface area contributed by atoms with E-state index in [0.717, 1.165) is 41.6 Å². The van der Waals surface area contributed by atoms with E-state index in [2.05, 4.69) is 12.2 Å². The van der Waals surface area contributed by atoms with Crippen LogP contribution in [0.15, 0.2) is 34.8 Å². The van der Waals surface area contributed by atoms with Gasteiger partial charge >= 0.3 is 0 Å². The van der Waals surface area contributed by atoms with E-state index in [0.29, 0.717) is 0 Å². The highest BCUT2D eigenvalue weighted by atomic mass is 16.3. The Bertz CT molecular complexity index is 790. The number of hydrogen-bond acceptors (Lipinski definition) is 3. The van der Waals surface area contributed by atoms with Gasteiger partial charge in [0.1, 0.15) is 11.3 Å². The summed E-state index contributed by atoms with van der Waals surface area (Å²) in [5, 5.41) is 3.79. The Morgan fingerprint density at radius 3 is 2.69 bits per heavy atom. The molecule has 1 aromatic heterocycles. The smallest absolute Gasteiger partial charge is 0.246 e. The molecule has 1 aromatic carbocycles. The van der Waals surface area contributed by atoms with Crippen molar-refractivity contribution in [2.75, 3.05) is 13.6 Å². The number of benzene rings is 1. The number of fused-ring (bicyclic) bond motifs is 1. The van der Waals surface area contributed by atoms with Gasteiger partial charge in [-0.1, -0.05) is 31.5 Å². The third kappa shape index (κ3) is 5.22. The lowest BCUT2D eigenvalue weighted by Gasteiger charge is -2.16. The van der Waals surface area contributed by atoms with E-state index >= 15 is 0 Å². The monoisotopic (exact) mass is 356 g/mol. The Morgan fingerprint density at radius 2 is 2.00 bits per heavy atom. The lowest BCUT2D eigenvalue weighted by molar-refractivity contribution is -0.131. The molecule has 1 heterocycles. The predicted octanol–water partition coefficient (Wildman–Crippen LogP) is 3.77. The third-order valence-corrected chi connectivity index (χ3v) is 4.07. The second kappa shape index (κ2) is 9.22. The third-order valence-electron chi connectivity index (χ3n) is 4.07. The van der Waals surface area contributed by atoms with Crippen LogP contribution in [0.2, 0.25) is 0 Å². The van der Waals surface area contributed by atoms with Crippen molar-refractivity contribution in [2.24, 2.45) is 0 Å². The maximum Gasteiger partial charge on any atom is 0.246 e. The predicted molar refractivity (Wildman–Crippen MR) is 105 cm³/mol. The fourth-order valence-electron chi connectivity index (χ4n) is 2.76. The summed E-state index contributed by atoms with van der Waals surface area (Å²) in [5.74, 6) is 0.523. The molecule has 0 fully saturated rings. The van der Waals surface area contributed by atoms with E-state index in [1.807, 2.05) is 38.1 Å². The van der Waals surface area contributed by atoms with Crippen LogP contribution in [0.3, 0.4) is 0 Å². The van der Waals surface area contributed by atoms with Gasteiger partial charge < -0.3 is 14.6 Å². The number of nitrogens with zero attached hydrogens (tertiary/aromatic N) is 1. The molecule has 140 valence electrons. The molecule has 0 aliphatic carbocycles. The summed E-state index contributed by atoms with van der Waals surface area (Å²) in [6, 6.07) is 7.89. The van der Waals surface area contributed by atoms with Crippen LogP contribution in [0.1, 0.15) is 44.9 Å². The summed E-state index contributed by atoms with van der Waals surface area (Å²) < 4.78 is 5.96. The van der Waals surface area contributed by atoms with Crippen LogP contribution in [0.4, 0.5) is 0 Å². The second-order valence-corrected chi connectivity index (χ2v) is 6.79. The fourth-order valence-corrected chi connectivity index (χ4v) is 2.76. The number of carbonyl (C=O) groups is 2. The minimum Gasteiger partial charge on any atom is -0.460 e. The van der Waals surface area contributed by atoms with E-state index in [1.165, 1.54) is 11.0 Å². The molecule has 0 unspecified atom stereocenters. The number of amides is 2. The zero-order valence-corrected chi connectivity index (χ0v) is 16.0. The van der Waals surface area contributed by atoms with E-state index in [4.69, 9.17) is 4.42 Å². The standard InChI is InChI=1S/C21H28N2O3/c1-5-6-10-18-17(16-9-7-8-11-19(16)26-18)12-13-21(25)23(4)14-20(24)22-15(2)3/h7-9,11-13,15H,5-6,10,14H2,1-4H3,(H,22,24)/b13-12+. The van der Waals surface area contributed by atoms with Crippen molar-refractivity contribution in [1.29, 1.82) is 0 Å². The van der Waals surface area contributed by atoms with Crippen molar-refractivity contribution in [1.82, 2.24) is 10.2 Å². The number of likely N-dealkylation sites (N-methyl/N-ethyl adjacent to an activating group) is 1. The van der Waals surface area contributed by atoms with Gasteiger partial charge in [-0.05, 0) is 32.4 Å². The zero-order chi connectivity index (χ0) is 19.1. The van der Waals surface area contributed by atoms with Gasteiger partial charge in [-0.15, -0.1) is 0 Å². The number of unbranched alkanes of at least 4 members (excludes halogenated alkanes) is 1. The first-order valence-electron chi connectivity index (χ1n) is 9.15. The first kappa shape index (κ1) is 19.8. The maximum atomic E-state index is 12.3. The first-order chi connectivity index (χ1) is 12.4. The van der Waals surface area contributed by atoms with Crippen molar-refractivity contribution in [3.05, 3.63) is 41.7 Å². The summed E-state index contributed by atoms with van der Waals surface area (Å²) in [7, 11) is 1.62. The number of furan rings is 1. The van der Waals surface area contributed by atoms with Gasteiger partial charge in [-0.2, -0.15) is 0 Å². The lowest BCUT2D eigenvalue weighted by atomic mass is 10.1. The highest BCUT2D eigenvalue weighted by Crippen LogP contribution is 2.28. The summed E-state index contributed by atoms with van der Waals surface area (Å²) in [6.07, 6.45) is 6.26. The van der Waals surface area contributed by atoms with Crippen LogP contribution in [0, 0.1) is 0 Å². The Kier molecular flexibility index (Phi) is 7.01. The zero-order valence-electron chi connectivity index (χ0n) is 16.0. The minimum absolute atomic E-state index is 0.0379. The quantitative estimate of drug-likeness (QED) is 0.732. The molecule has 5 heteroatoms. The van der Waals surface area contributed by atoms with E-state index < -0.39 is 0 Å². The Labute approximate surface area is 155 Å². The molecule has 5 nitrogen and oxygen atoms in total. The Morgan fingerprint density at radius 1 is 1.27 bits per heavy atom. The fraction of sp³-hybridized carbons (Fsp3) is 0.429. The van der Waals surface area contributed by atoms with Crippen molar-refractivity contribution in [2.45, 2.75) is 46.1 Å². The lowest BCUT2D eigenvalue weighted by Crippen LogP contribution is -2.40. The van der Waals surface area contributed by atoms with Crippen LogP contribution < -0.4 is 5.32 Å². The van der Waals surface area contributed by atoms with Crippen LogP contribution in [0.5, 0.6) is 0 Å². The molecule has 0 spiro atoms. The SMILES string of the molecule is CCCCc1oc2ccccc2c1/C=C/C(=O)N(C)CC(=O)NC(C)C. The molecule has 0 saturated heterocycles. The van der Waals surface area contributed by atoms with Crippen molar-refractivity contribution in [3.63, 3.8) is 0 Å². The molecule has 2 rings (SSSR count). The van der Waals surface area contributed by atoms with Crippen molar-refractivity contribution >= 4 is 28.9 Å². The normalized spacial score (nSPS) is 11.4. The van der Waals surface area contributed by atoms with Gasteiger partial charge in [-0.3, -0.25) is 9.59 Å². The molecule has 0 aliphatic rings. The molecule has 0 radical (unpaired) electrons. The molecule has 0 bridgehead atoms. The molecule has 26 heavy (non-hydrogen) atoms. The molecule has 1 N–H and O–H groups in total. The van der Waals surface area contributed by atoms with Gasteiger partial charge in [0, 0.05) is 36.5 Å². The van der Waals surface area contributed by atoms with Crippen LogP contribution in [-0.2, 0) is 16.0 Å². The number of para-hydroxylation sites is 1. The number of nitrogens with one attached hydrogen (secondary N) is 1. The first-order valence-corrected chi connectivity index (χ1v) is 9.15. The molecular formula is C21H28N2O3. The number of aryl methyl sites for hydroxylation is 1. The van der Waals surface area contributed by atoms with Gasteiger partial charge in [0.25, 0.3) is 0 Å². The summed E-state index contributed by atoms with van der Waals surface area (Å²) in [5.41, 5.74) is 1.78. The van der Waals surface area contributed by atoms with Crippen molar-refractivity contribution in [3.8, 4) is 0 Å². The van der Waals surface area contributed by atoms with Crippen LogP contribution in [0.25, 0.3) is 17.0 Å². The molecule has 0 saturated carbocycles. The van der Waals surface area contributed by atoms with Crippen LogP contribution in [-0.4, -0.2) is 36.3 Å². The molecule has 2 amide bonds. The maximum absolute atomic E-state index is 12.3. The van der Waals surface area contributed by atoms with Crippen molar-refractivity contribution < 1.29 is 14.0 Å². The van der Waals surface area contributed by atoms with Gasteiger partial charge in [0.05, 0.1) is 6.54 Å². The highest BCUT2D eigenvalue weighted by Gasteiger charge is 2.14. The average Bonchev–Trinajstić information content (AvgIpc) is 2.94. The number of hydrogen-bond donors (Lipinski definition) is 1. The van der Waals surface area contributed by atoms with Crippen LogP contribution >= 0.6 is 0 Å². The topological polar surface area (TPSA) is 62.6 Å². The molecular weight excluding hydrogens is 328 g/mol. The molecule has 0 atom stereocenters. The van der Waals surface area contributed by atoms with E-state index in [1.54, 1.807) is 13.1 Å². The Hall–Kier alpha value is -2.56. The summed E-state index contributed by atoms with van der Waals surface area (Å²) in [6.45, 7) is 5.96. The van der Waals surface area contributed by atoms with E-state index in [-0.39, 0.29) is 24.4 Å². The number of rotatable bonds is 8. The highest BCUT2D eigenvalue weighted by molar-refractivity contribution is 5.97. The van der Waals surface area contributed by atoms with Gasteiger partial charge in [0.15, 0.2) is 0 Å². The van der Waals surface area contributed by atoms with Gasteiger partial charge in [-0.25, -0.2) is 0 Å². The molecule has 0 aliphatic heterocycles.